The van der Waals surface area contributed by atoms with Crippen LogP contribution in [0.15, 0.2) is 59.1 Å². The van der Waals surface area contributed by atoms with E-state index < -0.39 is 0 Å². The molecule has 6 heteroatoms. The van der Waals surface area contributed by atoms with Crippen LogP contribution in [-0.2, 0) is 11.2 Å². The molecule has 0 aliphatic carbocycles. The van der Waals surface area contributed by atoms with Gasteiger partial charge in [-0.05, 0) is 24.3 Å². The van der Waals surface area contributed by atoms with Gasteiger partial charge in [-0.25, -0.2) is 0 Å². The highest BCUT2D eigenvalue weighted by molar-refractivity contribution is 5.94. The predicted molar refractivity (Wildman–Crippen MR) is 96.6 cm³/mol. The summed E-state index contributed by atoms with van der Waals surface area (Å²) in [6.07, 6.45) is 0.212. The Balaban J connectivity index is 1.37. The number of rotatable bonds is 3. The SMILES string of the molecule is O=C(Cc1noc2ccccc12)N1CCN(C(=O)c2ccccc2)CC1. The molecule has 1 saturated heterocycles. The number of amides is 2. The Kier molecular flexibility index (Phi) is 4.39. The van der Waals surface area contributed by atoms with Crippen LogP contribution in [0.3, 0.4) is 0 Å². The molecule has 2 aromatic carbocycles. The Bertz CT molecular complexity index is 928. The van der Waals surface area contributed by atoms with E-state index in [0.717, 1.165) is 5.39 Å². The Morgan fingerprint density at radius 2 is 1.54 bits per heavy atom. The third kappa shape index (κ3) is 3.18. The lowest BCUT2D eigenvalue weighted by molar-refractivity contribution is -0.132. The number of benzene rings is 2. The quantitative estimate of drug-likeness (QED) is 0.728. The molecule has 1 fully saturated rings. The van der Waals surface area contributed by atoms with Crippen LogP contribution in [-0.4, -0.2) is 52.9 Å². The fourth-order valence-corrected chi connectivity index (χ4v) is 3.24. The van der Waals surface area contributed by atoms with Gasteiger partial charge < -0.3 is 14.3 Å². The molecule has 0 radical (unpaired) electrons. The maximum absolute atomic E-state index is 12.6. The monoisotopic (exact) mass is 349 g/mol. The molecule has 1 aromatic heterocycles. The van der Waals surface area contributed by atoms with E-state index in [1.54, 1.807) is 9.80 Å². The van der Waals surface area contributed by atoms with Crippen molar-refractivity contribution in [1.29, 1.82) is 0 Å². The molecule has 1 aliphatic rings. The van der Waals surface area contributed by atoms with Crippen LogP contribution in [0.4, 0.5) is 0 Å². The van der Waals surface area contributed by atoms with Crippen molar-refractivity contribution in [3.05, 3.63) is 65.9 Å². The van der Waals surface area contributed by atoms with Crippen LogP contribution in [0.25, 0.3) is 11.0 Å². The zero-order valence-corrected chi connectivity index (χ0v) is 14.3. The Morgan fingerprint density at radius 1 is 0.885 bits per heavy atom. The van der Waals surface area contributed by atoms with E-state index in [2.05, 4.69) is 5.16 Å². The van der Waals surface area contributed by atoms with Crippen molar-refractivity contribution in [2.24, 2.45) is 0 Å². The first-order valence-electron chi connectivity index (χ1n) is 8.68. The van der Waals surface area contributed by atoms with E-state index in [1.807, 2.05) is 54.6 Å². The lowest BCUT2D eigenvalue weighted by Crippen LogP contribution is -2.51. The molecular formula is C20H19N3O3. The summed E-state index contributed by atoms with van der Waals surface area (Å²) in [4.78, 5) is 28.7. The van der Waals surface area contributed by atoms with Crippen molar-refractivity contribution in [1.82, 2.24) is 15.0 Å². The molecule has 132 valence electrons. The number of aromatic nitrogens is 1. The topological polar surface area (TPSA) is 66.7 Å². The number of fused-ring (bicyclic) bond motifs is 1. The molecule has 0 atom stereocenters. The smallest absolute Gasteiger partial charge is 0.253 e. The van der Waals surface area contributed by atoms with Crippen LogP contribution in [0.1, 0.15) is 16.1 Å². The molecule has 0 N–H and O–H groups in total. The molecule has 2 heterocycles. The van der Waals surface area contributed by atoms with Gasteiger partial charge in [0.2, 0.25) is 5.91 Å². The van der Waals surface area contributed by atoms with Crippen molar-refractivity contribution >= 4 is 22.8 Å². The van der Waals surface area contributed by atoms with Crippen molar-refractivity contribution in [3.8, 4) is 0 Å². The standard InChI is InChI=1S/C20H19N3O3/c24-19(14-17-16-8-4-5-9-18(16)26-21-17)22-10-12-23(13-11-22)20(25)15-6-2-1-3-7-15/h1-9H,10-14H2. The van der Waals surface area contributed by atoms with Gasteiger partial charge in [0.1, 0.15) is 5.69 Å². The number of piperazine rings is 1. The Morgan fingerprint density at radius 3 is 2.31 bits per heavy atom. The Labute approximate surface area is 151 Å². The van der Waals surface area contributed by atoms with E-state index >= 15 is 0 Å². The largest absolute Gasteiger partial charge is 0.356 e. The lowest BCUT2D eigenvalue weighted by Gasteiger charge is -2.34. The molecule has 0 bridgehead atoms. The first-order chi connectivity index (χ1) is 12.7. The maximum Gasteiger partial charge on any atom is 0.253 e. The van der Waals surface area contributed by atoms with Crippen LogP contribution in [0.2, 0.25) is 0 Å². The van der Waals surface area contributed by atoms with Crippen LogP contribution >= 0.6 is 0 Å². The first kappa shape index (κ1) is 16.3. The minimum absolute atomic E-state index is 0.0101. The zero-order valence-electron chi connectivity index (χ0n) is 14.3. The van der Waals surface area contributed by atoms with Crippen molar-refractivity contribution in [3.63, 3.8) is 0 Å². The summed E-state index contributed by atoms with van der Waals surface area (Å²) in [7, 11) is 0. The molecule has 4 rings (SSSR count). The van der Waals surface area contributed by atoms with E-state index in [1.165, 1.54) is 0 Å². The summed E-state index contributed by atoms with van der Waals surface area (Å²) in [5, 5.41) is 4.90. The number of carbonyl (C=O) groups excluding carboxylic acids is 2. The maximum atomic E-state index is 12.6. The predicted octanol–water partition coefficient (Wildman–Crippen LogP) is 2.35. The highest BCUT2D eigenvalue weighted by Gasteiger charge is 2.25. The van der Waals surface area contributed by atoms with Crippen LogP contribution in [0, 0.1) is 0 Å². The zero-order chi connectivity index (χ0) is 17.9. The number of carbonyl (C=O) groups is 2. The van der Waals surface area contributed by atoms with Gasteiger partial charge in [-0.15, -0.1) is 0 Å². The molecule has 1 aliphatic heterocycles. The van der Waals surface area contributed by atoms with Gasteiger partial charge in [-0.3, -0.25) is 9.59 Å². The van der Waals surface area contributed by atoms with Gasteiger partial charge in [0.25, 0.3) is 5.91 Å². The van der Waals surface area contributed by atoms with Crippen molar-refractivity contribution in [2.75, 3.05) is 26.2 Å². The molecule has 2 amide bonds. The average Bonchev–Trinajstić information content (AvgIpc) is 3.11. The second-order valence-corrected chi connectivity index (χ2v) is 6.34. The summed E-state index contributed by atoms with van der Waals surface area (Å²) in [6.45, 7) is 2.15. The number of hydrogen-bond donors (Lipinski definition) is 0. The van der Waals surface area contributed by atoms with E-state index in [4.69, 9.17) is 4.52 Å². The molecule has 26 heavy (non-hydrogen) atoms. The van der Waals surface area contributed by atoms with E-state index in [-0.39, 0.29) is 18.2 Å². The van der Waals surface area contributed by atoms with E-state index in [0.29, 0.717) is 43.0 Å². The molecular weight excluding hydrogens is 330 g/mol. The highest BCUT2D eigenvalue weighted by atomic mass is 16.5. The number of nitrogens with zero attached hydrogens (tertiary/aromatic N) is 3. The summed E-state index contributed by atoms with van der Waals surface area (Å²) in [5.74, 6) is 0.0241. The Hall–Kier alpha value is -3.15. The molecule has 0 saturated carbocycles. The third-order valence-corrected chi connectivity index (χ3v) is 4.71. The minimum atomic E-state index is 0.0101. The van der Waals surface area contributed by atoms with Crippen molar-refractivity contribution in [2.45, 2.75) is 6.42 Å². The van der Waals surface area contributed by atoms with Gasteiger partial charge in [-0.2, -0.15) is 0 Å². The third-order valence-electron chi connectivity index (χ3n) is 4.71. The summed E-state index contributed by atoms with van der Waals surface area (Å²) < 4.78 is 5.26. The van der Waals surface area contributed by atoms with Crippen LogP contribution < -0.4 is 0 Å². The summed E-state index contributed by atoms with van der Waals surface area (Å²) in [6, 6.07) is 16.8. The van der Waals surface area contributed by atoms with Crippen molar-refractivity contribution < 1.29 is 14.1 Å². The number of hydrogen-bond acceptors (Lipinski definition) is 4. The fourth-order valence-electron chi connectivity index (χ4n) is 3.24. The molecule has 3 aromatic rings. The highest BCUT2D eigenvalue weighted by Crippen LogP contribution is 2.19. The summed E-state index contributed by atoms with van der Waals surface area (Å²) >= 11 is 0. The number of para-hydroxylation sites is 1. The van der Waals surface area contributed by atoms with Gasteiger partial charge in [-0.1, -0.05) is 35.5 Å². The van der Waals surface area contributed by atoms with Gasteiger partial charge in [0.05, 0.1) is 6.42 Å². The lowest BCUT2D eigenvalue weighted by atomic mass is 10.1. The minimum Gasteiger partial charge on any atom is -0.356 e. The average molecular weight is 349 g/mol. The first-order valence-corrected chi connectivity index (χ1v) is 8.68. The van der Waals surface area contributed by atoms with Gasteiger partial charge in [0.15, 0.2) is 5.58 Å². The molecule has 0 spiro atoms. The fraction of sp³-hybridized carbons (Fsp3) is 0.250. The molecule has 6 nitrogen and oxygen atoms in total. The normalized spacial score (nSPS) is 14.6. The van der Waals surface area contributed by atoms with Gasteiger partial charge >= 0.3 is 0 Å². The van der Waals surface area contributed by atoms with E-state index in [9.17, 15) is 9.59 Å². The van der Waals surface area contributed by atoms with Crippen LogP contribution in [0.5, 0.6) is 0 Å². The second kappa shape index (κ2) is 7.00. The van der Waals surface area contributed by atoms with Gasteiger partial charge in [0, 0.05) is 37.1 Å². The second-order valence-electron chi connectivity index (χ2n) is 6.34. The molecule has 0 unspecified atom stereocenters. The summed E-state index contributed by atoms with van der Waals surface area (Å²) in [5.41, 5.74) is 2.03.